The van der Waals surface area contributed by atoms with Gasteiger partial charge in [0.15, 0.2) is 0 Å². The minimum Gasteiger partial charge on any atom is -0.870 e. The summed E-state index contributed by atoms with van der Waals surface area (Å²) in [5, 5.41) is 0. The van der Waals surface area contributed by atoms with Crippen molar-refractivity contribution >= 4 is 23.0 Å². The Morgan fingerprint density at radius 3 is 1.84 bits per heavy atom. The van der Waals surface area contributed by atoms with E-state index < -0.39 is 0 Å². The first-order chi connectivity index (χ1) is 11.8. The van der Waals surface area contributed by atoms with Crippen LogP contribution >= 0.6 is 0 Å². The molecular formula is C23H43OSb. The van der Waals surface area contributed by atoms with Gasteiger partial charge in [0.25, 0.3) is 0 Å². The van der Waals surface area contributed by atoms with Gasteiger partial charge in [0.2, 0.25) is 0 Å². The molecule has 1 N–H and O–H groups in total. The molecule has 0 radical (unpaired) electrons. The maximum atomic E-state index is 2.36. The molecule has 1 aromatic carbocycles. The van der Waals surface area contributed by atoms with Gasteiger partial charge in [-0.05, 0) is 0 Å². The molecule has 0 aliphatic carbocycles. The van der Waals surface area contributed by atoms with E-state index in [4.69, 9.17) is 0 Å². The predicted octanol–water partition coefficient (Wildman–Crippen LogP) is 6.54. The van der Waals surface area contributed by atoms with Crippen molar-refractivity contribution in [2.45, 2.75) is 101 Å². The van der Waals surface area contributed by atoms with Gasteiger partial charge in [-0.25, -0.2) is 0 Å². The maximum Gasteiger partial charge on any atom is -0.870 e. The Morgan fingerprint density at radius 2 is 1.28 bits per heavy atom. The summed E-state index contributed by atoms with van der Waals surface area (Å²) in [7, 11) is 0. The number of hydrogen-bond donors (Lipinski definition) is 0. The quantitative estimate of drug-likeness (QED) is 0.217. The van der Waals surface area contributed by atoms with Crippen LogP contribution in [0.3, 0.4) is 0 Å². The fourth-order valence-electron chi connectivity index (χ4n) is 3.74. The van der Waals surface area contributed by atoms with Crippen molar-refractivity contribution in [2.24, 2.45) is 5.92 Å². The monoisotopic (exact) mass is 456 g/mol. The Morgan fingerprint density at radius 1 is 0.720 bits per heavy atom. The van der Waals surface area contributed by atoms with E-state index in [1.807, 2.05) is 0 Å². The van der Waals surface area contributed by atoms with Gasteiger partial charge >= 0.3 is 166 Å². The van der Waals surface area contributed by atoms with Gasteiger partial charge < -0.3 is 5.48 Å². The summed E-state index contributed by atoms with van der Waals surface area (Å²) in [5.41, 5.74) is 1.55. The molecule has 146 valence electrons. The van der Waals surface area contributed by atoms with Gasteiger partial charge in [0, 0.05) is 0 Å². The van der Waals surface area contributed by atoms with Crippen molar-refractivity contribution in [2.75, 3.05) is 0 Å². The topological polar surface area (TPSA) is 30.0 Å². The largest absolute Gasteiger partial charge is 0.870 e. The Bertz CT molecular complexity index is 379. The second-order valence-electron chi connectivity index (χ2n) is 7.62. The Hall–Kier alpha value is -0.00182. The number of benzene rings is 1. The van der Waals surface area contributed by atoms with Crippen LogP contribution in [0.4, 0.5) is 0 Å². The van der Waals surface area contributed by atoms with E-state index in [-0.39, 0.29) is 5.48 Å². The third-order valence-electron chi connectivity index (χ3n) is 5.35. The summed E-state index contributed by atoms with van der Waals surface area (Å²) in [6.45, 7) is 4.66. The van der Waals surface area contributed by atoms with Crippen molar-refractivity contribution in [3.8, 4) is 0 Å². The molecule has 2 atom stereocenters. The van der Waals surface area contributed by atoms with E-state index in [2.05, 4.69) is 44.2 Å². The van der Waals surface area contributed by atoms with Crippen molar-refractivity contribution in [1.82, 2.24) is 0 Å². The van der Waals surface area contributed by atoms with E-state index in [1.54, 1.807) is 5.56 Å². The van der Waals surface area contributed by atoms with Crippen LogP contribution in [0.1, 0.15) is 96.5 Å². The zero-order valence-electron chi connectivity index (χ0n) is 16.9. The Labute approximate surface area is 171 Å². The van der Waals surface area contributed by atoms with Crippen LogP contribution in [-0.4, -0.2) is 28.5 Å². The molecule has 0 spiro atoms. The van der Waals surface area contributed by atoms with Gasteiger partial charge in [0.05, 0.1) is 0 Å². The standard InChI is InChI=1S/C23H39.H2O.Sb.3H/c1-3-5-6-7-8-9-10-11-12-14-18-22(17-4-2)21-23-19-15-13-16-20-23;;;;;/h13,15-16,18-20,22H,3-12,14,17,21H2,1-2H3;1H2;;;;/q;;+1;;;/p-1. The van der Waals surface area contributed by atoms with Crippen molar-refractivity contribution in [3.05, 3.63) is 35.9 Å². The van der Waals surface area contributed by atoms with E-state index in [1.165, 1.54) is 83.5 Å². The Kier molecular flexibility index (Phi) is 17.4. The van der Waals surface area contributed by atoms with Crippen LogP contribution < -0.4 is 0 Å². The summed E-state index contributed by atoms with van der Waals surface area (Å²) in [5.74, 6) is 0.943. The summed E-state index contributed by atoms with van der Waals surface area (Å²) in [6, 6.07) is 11.2. The van der Waals surface area contributed by atoms with Gasteiger partial charge in [-0.2, -0.15) is 0 Å². The molecule has 0 aromatic heterocycles. The SMILES string of the molecule is CCCCCCCCCCC[CH]([SbH3+])C(CCC)Cc1ccccc1.[OH-]. The van der Waals surface area contributed by atoms with Crippen LogP contribution in [0.25, 0.3) is 0 Å². The van der Waals surface area contributed by atoms with Gasteiger partial charge in [-0.1, -0.05) is 0 Å². The van der Waals surface area contributed by atoms with Gasteiger partial charge in [-0.3, -0.25) is 0 Å². The molecule has 2 heteroatoms. The molecule has 1 aromatic rings. The zero-order chi connectivity index (χ0) is 17.5. The van der Waals surface area contributed by atoms with Crippen molar-refractivity contribution < 1.29 is 5.48 Å². The maximum absolute atomic E-state index is 2.36. The molecule has 0 amide bonds. The van der Waals surface area contributed by atoms with E-state index in [0.717, 1.165) is 32.8 Å². The average Bonchev–Trinajstić information content (AvgIpc) is 2.60. The zero-order valence-corrected chi connectivity index (χ0v) is 20.9. The average molecular weight is 457 g/mol. The summed E-state index contributed by atoms with van der Waals surface area (Å²) < 4.78 is 1.04. The molecule has 0 aliphatic heterocycles. The summed E-state index contributed by atoms with van der Waals surface area (Å²) >= 11 is 1.12. The van der Waals surface area contributed by atoms with Crippen LogP contribution in [0.15, 0.2) is 30.3 Å². The molecule has 1 rings (SSSR count). The number of unbranched alkanes of at least 4 members (excludes halogenated alkanes) is 8. The van der Waals surface area contributed by atoms with Crippen LogP contribution in [0.2, 0.25) is 3.86 Å². The molecule has 1 nitrogen and oxygen atoms in total. The molecule has 2 unspecified atom stereocenters. The fourth-order valence-corrected chi connectivity index (χ4v) is 5.72. The molecule has 0 saturated carbocycles. The second kappa shape index (κ2) is 17.4. The summed E-state index contributed by atoms with van der Waals surface area (Å²) in [4.78, 5) is 0. The van der Waals surface area contributed by atoms with E-state index >= 15 is 0 Å². The molecule has 0 aliphatic rings. The first kappa shape index (κ1) is 25.0. The van der Waals surface area contributed by atoms with Crippen LogP contribution in [-0.2, 0) is 6.42 Å². The van der Waals surface area contributed by atoms with Crippen LogP contribution in [0, 0.1) is 5.92 Å². The third-order valence-corrected chi connectivity index (χ3v) is 8.41. The first-order valence-electron chi connectivity index (χ1n) is 10.6. The first-order valence-corrected chi connectivity index (χ1v) is 13.0. The van der Waals surface area contributed by atoms with Gasteiger partial charge in [0.1, 0.15) is 0 Å². The number of rotatable bonds is 15. The molecule has 0 fully saturated rings. The van der Waals surface area contributed by atoms with Gasteiger partial charge in [-0.15, -0.1) is 0 Å². The molecule has 0 heterocycles. The van der Waals surface area contributed by atoms with E-state index in [0.29, 0.717) is 0 Å². The second-order valence-corrected chi connectivity index (χ2v) is 10.6. The predicted molar refractivity (Wildman–Crippen MR) is 116 cm³/mol. The fraction of sp³-hybridized carbons (Fsp3) is 0.739. The third kappa shape index (κ3) is 12.9. The smallest absolute Gasteiger partial charge is 0.870 e. The minimum absolute atomic E-state index is 0. The van der Waals surface area contributed by atoms with E-state index in [9.17, 15) is 0 Å². The Balaban J connectivity index is 0.00000576. The molecule has 0 bridgehead atoms. The molecular weight excluding hydrogens is 414 g/mol. The van der Waals surface area contributed by atoms with Crippen molar-refractivity contribution in [3.63, 3.8) is 0 Å². The molecule has 0 saturated heterocycles. The van der Waals surface area contributed by atoms with Crippen LogP contribution in [0.5, 0.6) is 0 Å². The summed E-state index contributed by atoms with van der Waals surface area (Å²) in [6.07, 6.45) is 18.7. The normalized spacial score (nSPS) is 13.4. The number of hydrogen-bond acceptors (Lipinski definition) is 1. The van der Waals surface area contributed by atoms with Crippen molar-refractivity contribution in [1.29, 1.82) is 0 Å². The minimum atomic E-state index is 0. The molecule has 25 heavy (non-hydrogen) atoms.